The summed E-state index contributed by atoms with van der Waals surface area (Å²) in [6, 6.07) is 8.88. The third-order valence-corrected chi connectivity index (χ3v) is 6.78. The molecule has 1 saturated heterocycles. The maximum atomic E-state index is 12.5. The fraction of sp³-hybridized carbons (Fsp3) is 0.556. The number of benzene rings is 1. The van der Waals surface area contributed by atoms with Crippen molar-refractivity contribution >= 4 is 21.9 Å². The second kappa shape index (κ2) is 7.36. The molecule has 1 heterocycles. The Balaban J connectivity index is 1.53. The van der Waals surface area contributed by atoms with Gasteiger partial charge in [0.25, 0.3) is 0 Å². The van der Waals surface area contributed by atoms with Crippen molar-refractivity contribution in [3.05, 3.63) is 35.9 Å². The lowest BCUT2D eigenvalue weighted by atomic mass is 9.88. The summed E-state index contributed by atoms with van der Waals surface area (Å²) < 4.78 is 31.5. The maximum Gasteiger partial charge on any atom is 0.322 e. The van der Waals surface area contributed by atoms with Crippen LogP contribution in [0.25, 0.3) is 0 Å². The van der Waals surface area contributed by atoms with Crippen LogP contribution in [0.1, 0.15) is 24.8 Å². The van der Waals surface area contributed by atoms with Gasteiger partial charge in [0.1, 0.15) is 6.61 Å². The zero-order chi connectivity index (χ0) is 18.9. The van der Waals surface area contributed by atoms with E-state index in [0.29, 0.717) is 19.3 Å². The van der Waals surface area contributed by atoms with Gasteiger partial charge in [-0.05, 0) is 24.8 Å². The van der Waals surface area contributed by atoms with Crippen molar-refractivity contribution < 1.29 is 22.7 Å². The van der Waals surface area contributed by atoms with Gasteiger partial charge in [-0.2, -0.15) is 4.31 Å². The Bertz CT molecular complexity index is 778. The molecule has 0 spiro atoms. The summed E-state index contributed by atoms with van der Waals surface area (Å²) >= 11 is 0. The van der Waals surface area contributed by atoms with Gasteiger partial charge in [-0.3, -0.25) is 9.59 Å². The summed E-state index contributed by atoms with van der Waals surface area (Å²) in [7, 11) is -0.295. The molecule has 8 heteroatoms. The molecule has 1 aliphatic heterocycles. The van der Waals surface area contributed by atoms with Crippen LogP contribution in [0.3, 0.4) is 0 Å². The highest BCUT2D eigenvalue weighted by Gasteiger charge is 2.58. The Labute approximate surface area is 154 Å². The molecule has 7 nitrogen and oxygen atoms in total. The van der Waals surface area contributed by atoms with E-state index in [1.165, 1.54) is 4.31 Å². The molecule has 142 valence electrons. The zero-order valence-corrected chi connectivity index (χ0v) is 15.8. The first-order valence-electron chi connectivity index (χ1n) is 8.71. The van der Waals surface area contributed by atoms with Crippen molar-refractivity contribution in [3.8, 4) is 0 Å². The van der Waals surface area contributed by atoms with Crippen LogP contribution in [0.2, 0.25) is 0 Å². The zero-order valence-electron chi connectivity index (χ0n) is 15.0. The average molecular weight is 380 g/mol. The van der Waals surface area contributed by atoms with Gasteiger partial charge in [0.15, 0.2) is 5.75 Å². The van der Waals surface area contributed by atoms with Crippen molar-refractivity contribution in [3.63, 3.8) is 0 Å². The lowest BCUT2D eigenvalue weighted by molar-refractivity contribution is -0.141. The van der Waals surface area contributed by atoms with Gasteiger partial charge in [0.05, 0.1) is 0 Å². The Morgan fingerprint density at radius 1 is 1.15 bits per heavy atom. The van der Waals surface area contributed by atoms with Crippen LogP contribution in [-0.4, -0.2) is 61.4 Å². The fourth-order valence-corrected chi connectivity index (χ4v) is 5.45. The van der Waals surface area contributed by atoms with E-state index in [-0.39, 0.29) is 30.5 Å². The van der Waals surface area contributed by atoms with Gasteiger partial charge in [0.2, 0.25) is 15.9 Å². The highest BCUT2D eigenvalue weighted by Crippen LogP contribution is 2.45. The van der Waals surface area contributed by atoms with Gasteiger partial charge in [-0.25, -0.2) is 8.42 Å². The summed E-state index contributed by atoms with van der Waals surface area (Å²) in [5, 5.41) is 0. The standard InChI is InChI=1S/C18H24N2O5S/c1-19(2)18(22)14-8-9-15-16(10-14)20(15)26(23,24)12-17(21)25-11-13-6-4-3-5-7-13/h3-7,14-16H,8-12H2,1-2H3/t14-,15+,16-,20?/m0/s1. The van der Waals surface area contributed by atoms with Crippen LogP contribution in [-0.2, 0) is 31.0 Å². The predicted octanol–water partition coefficient (Wildman–Crippen LogP) is 1.00. The summed E-state index contributed by atoms with van der Waals surface area (Å²) in [4.78, 5) is 25.6. The number of rotatable bonds is 6. The molecule has 0 N–H and O–H groups in total. The van der Waals surface area contributed by atoms with Crippen molar-refractivity contribution in [1.29, 1.82) is 0 Å². The normalized spacial score (nSPS) is 27.3. The van der Waals surface area contributed by atoms with Crippen LogP contribution in [0.4, 0.5) is 0 Å². The molecule has 1 amide bonds. The van der Waals surface area contributed by atoms with Crippen LogP contribution in [0.15, 0.2) is 30.3 Å². The molecule has 26 heavy (non-hydrogen) atoms. The van der Waals surface area contributed by atoms with Crippen LogP contribution in [0.5, 0.6) is 0 Å². The predicted molar refractivity (Wildman–Crippen MR) is 95.5 cm³/mol. The van der Waals surface area contributed by atoms with Gasteiger partial charge in [0, 0.05) is 32.1 Å². The van der Waals surface area contributed by atoms with Crippen LogP contribution >= 0.6 is 0 Å². The molecule has 2 aliphatic rings. The molecule has 2 fully saturated rings. The molecule has 0 bridgehead atoms. The maximum absolute atomic E-state index is 12.5. The fourth-order valence-electron chi connectivity index (χ4n) is 3.68. The minimum atomic E-state index is -3.71. The summed E-state index contributed by atoms with van der Waals surface area (Å²) in [5.74, 6) is -1.51. The molecule has 1 saturated carbocycles. The number of nitrogens with zero attached hydrogens (tertiary/aromatic N) is 2. The molecule has 4 atom stereocenters. The third-order valence-electron chi connectivity index (χ3n) is 5.00. The molecule has 3 rings (SSSR count). The Morgan fingerprint density at radius 3 is 2.50 bits per heavy atom. The van der Waals surface area contributed by atoms with Crippen LogP contribution < -0.4 is 0 Å². The second-order valence-electron chi connectivity index (χ2n) is 7.11. The molecule has 1 unspecified atom stereocenters. The minimum Gasteiger partial charge on any atom is -0.460 e. The number of fused-ring (bicyclic) bond motifs is 1. The molecule has 1 aliphatic carbocycles. The van der Waals surface area contributed by atoms with Gasteiger partial charge in [-0.1, -0.05) is 30.3 Å². The summed E-state index contributed by atoms with van der Waals surface area (Å²) in [5.41, 5.74) is 0.809. The molecule has 1 aromatic rings. The molecule has 0 aromatic heterocycles. The topological polar surface area (TPSA) is 83.8 Å². The summed E-state index contributed by atoms with van der Waals surface area (Å²) in [6.45, 7) is 0.0570. The molecular weight excluding hydrogens is 356 g/mol. The summed E-state index contributed by atoms with van der Waals surface area (Å²) in [6.07, 6.45) is 1.87. The highest BCUT2D eigenvalue weighted by atomic mass is 32.2. The lowest BCUT2D eigenvalue weighted by Gasteiger charge is -2.22. The van der Waals surface area contributed by atoms with Crippen molar-refractivity contribution in [2.75, 3.05) is 19.8 Å². The molecular formula is C18H24N2O5S. The van der Waals surface area contributed by atoms with Gasteiger partial charge in [-0.15, -0.1) is 0 Å². The van der Waals surface area contributed by atoms with Crippen molar-refractivity contribution in [1.82, 2.24) is 9.21 Å². The first-order valence-corrected chi connectivity index (χ1v) is 10.3. The number of ether oxygens (including phenoxy) is 1. The first kappa shape index (κ1) is 18.8. The lowest BCUT2D eigenvalue weighted by Crippen LogP contribution is -2.32. The third kappa shape index (κ3) is 4.07. The number of carbonyl (C=O) groups is 2. The van der Waals surface area contributed by atoms with Crippen LogP contribution in [0, 0.1) is 5.92 Å². The second-order valence-corrected chi connectivity index (χ2v) is 8.98. The quantitative estimate of drug-likeness (QED) is 0.543. The van der Waals surface area contributed by atoms with E-state index >= 15 is 0 Å². The van der Waals surface area contributed by atoms with Gasteiger partial charge >= 0.3 is 5.97 Å². The number of esters is 1. The number of amides is 1. The largest absolute Gasteiger partial charge is 0.460 e. The van der Waals surface area contributed by atoms with E-state index in [1.54, 1.807) is 19.0 Å². The number of carbonyl (C=O) groups excluding carboxylic acids is 2. The Kier molecular flexibility index (Phi) is 5.34. The van der Waals surface area contributed by atoms with E-state index < -0.39 is 21.7 Å². The minimum absolute atomic E-state index is 0.0370. The van der Waals surface area contributed by atoms with E-state index in [2.05, 4.69) is 0 Å². The van der Waals surface area contributed by atoms with E-state index in [0.717, 1.165) is 5.56 Å². The molecule has 0 radical (unpaired) electrons. The smallest absolute Gasteiger partial charge is 0.322 e. The Hall–Kier alpha value is -1.93. The monoisotopic (exact) mass is 380 g/mol. The number of hydrogen-bond acceptors (Lipinski definition) is 5. The van der Waals surface area contributed by atoms with Crippen molar-refractivity contribution in [2.24, 2.45) is 5.92 Å². The average Bonchev–Trinajstić information content (AvgIpc) is 3.34. The molecule has 1 aromatic carbocycles. The first-order chi connectivity index (χ1) is 12.3. The highest BCUT2D eigenvalue weighted by molar-refractivity contribution is 7.90. The Morgan fingerprint density at radius 2 is 1.85 bits per heavy atom. The van der Waals surface area contributed by atoms with Gasteiger partial charge < -0.3 is 9.64 Å². The number of hydrogen-bond donors (Lipinski definition) is 0. The number of sulfonamides is 1. The van der Waals surface area contributed by atoms with E-state index in [1.807, 2.05) is 30.3 Å². The van der Waals surface area contributed by atoms with E-state index in [9.17, 15) is 18.0 Å². The SMILES string of the molecule is CN(C)C(=O)[C@H]1CC[C@@H]2[C@H](C1)N2S(=O)(=O)CC(=O)OCc1ccccc1. The van der Waals surface area contributed by atoms with E-state index in [4.69, 9.17) is 4.74 Å². The van der Waals surface area contributed by atoms with Crippen molar-refractivity contribution in [2.45, 2.75) is 38.0 Å².